The number of anilines is 1. The van der Waals surface area contributed by atoms with Crippen LogP contribution in [0.4, 0.5) is 10.1 Å². The number of rotatable bonds is 6. The Morgan fingerprint density at radius 2 is 1.88 bits per heavy atom. The first-order valence-electron chi connectivity index (χ1n) is 11.6. The van der Waals surface area contributed by atoms with Crippen molar-refractivity contribution in [1.29, 1.82) is 0 Å². The smallest absolute Gasteiger partial charge is 0.259 e. The Morgan fingerprint density at radius 1 is 1.09 bits per heavy atom. The van der Waals surface area contributed by atoms with E-state index in [1.54, 1.807) is 25.1 Å². The van der Waals surface area contributed by atoms with Crippen LogP contribution in [0.2, 0.25) is 0 Å². The maximum atomic E-state index is 14.2. The zero-order chi connectivity index (χ0) is 23.1. The number of carbonyl (C=O) groups is 1. The van der Waals surface area contributed by atoms with Gasteiger partial charge in [0.1, 0.15) is 6.61 Å². The fraction of sp³-hybridized carbons (Fsp3) is 0.423. The fourth-order valence-corrected chi connectivity index (χ4v) is 4.96. The lowest BCUT2D eigenvalue weighted by molar-refractivity contribution is 0.0996. The lowest BCUT2D eigenvalue weighted by atomic mass is 9.99. The van der Waals surface area contributed by atoms with Crippen LogP contribution in [0.25, 0.3) is 11.3 Å². The number of methoxy groups -OCH3 is 1. The number of nitrogens with zero attached hydrogens (tertiary/aromatic N) is 3. The number of aromatic nitrogens is 1. The van der Waals surface area contributed by atoms with E-state index in [9.17, 15) is 9.18 Å². The number of hydrogen-bond acceptors (Lipinski definition) is 4. The predicted molar refractivity (Wildman–Crippen MR) is 126 cm³/mol. The number of ether oxygens (including phenoxy) is 2. The van der Waals surface area contributed by atoms with E-state index in [0.717, 1.165) is 48.1 Å². The van der Waals surface area contributed by atoms with Crippen molar-refractivity contribution in [3.63, 3.8) is 0 Å². The number of likely N-dealkylation sites (tertiary alicyclic amines) is 1. The molecule has 1 saturated heterocycles. The van der Waals surface area contributed by atoms with Gasteiger partial charge in [0.25, 0.3) is 5.91 Å². The second-order valence-electron chi connectivity index (χ2n) is 9.15. The Labute approximate surface area is 193 Å². The standard InChI is InChI=1S/C26H30FN3O3/c1-17-8-10-29(11-9-17)12-13-33-23-15-19(5-6-22(23)32-3)30-16-21-20(26(30)31)14-18-4-7-24(27)28(2)25(18)21/h4-7,14-15,17H,8-13,16H2,1-3H3. The van der Waals surface area contributed by atoms with Gasteiger partial charge in [-0.05, 0) is 67.7 Å². The summed E-state index contributed by atoms with van der Waals surface area (Å²) in [6.07, 6.45) is 2.46. The molecule has 0 bridgehead atoms. The monoisotopic (exact) mass is 451 g/mol. The average molecular weight is 452 g/mol. The molecule has 0 spiro atoms. The molecule has 3 aliphatic heterocycles. The van der Waals surface area contributed by atoms with E-state index in [4.69, 9.17) is 9.47 Å². The number of fused-ring (bicyclic) bond motifs is 3. The number of benzene rings is 1. The molecule has 0 atom stereocenters. The molecule has 174 valence electrons. The molecule has 3 heterocycles. The van der Waals surface area contributed by atoms with Crippen molar-refractivity contribution in [3.8, 4) is 22.8 Å². The number of halogens is 1. The molecular formula is C26H30FN3O3. The summed E-state index contributed by atoms with van der Waals surface area (Å²) in [7, 11) is 3.30. The van der Waals surface area contributed by atoms with Crippen LogP contribution >= 0.6 is 0 Å². The highest BCUT2D eigenvalue weighted by Gasteiger charge is 2.35. The molecule has 6 nitrogen and oxygen atoms in total. The molecule has 1 aromatic rings. The van der Waals surface area contributed by atoms with Crippen LogP contribution < -0.4 is 14.4 Å². The molecule has 1 aromatic carbocycles. The van der Waals surface area contributed by atoms with Gasteiger partial charge in [-0.25, -0.2) is 0 Å². The van der Waals surface area contributed by atoms with E-state index in [1.165, 1.54) is 23.5 Å². The third-order valence-electron chi connectivity index (χ3n) is 7.03. The van der Waals surface area contributed by atoms with Crippen molar-refractivity contribution in [1.82, 2.24) is 9.47 Å². The second-order valence-corrected chi connectivity index (χ2v) is 9.15. The van der Waals surface area contributed by atoms with E-state index in [0.29, 0.717) is 30.2 Å². The van der Waals surface area contributed by atoms with Gasteiger partial charge in [0.15, 0.2) is 17.4 Å². The minimum atomic E-state index is -0.329. The van der Waals surface area contributed by atoms with Gasteiger partial charge in [0, 0.05) is 36.5 Å². The van der Waals surface area contributed by atoms with Crippen LogP contribution in [0.1, 0.15) is 35.7 Å². The van der Waals surface area contributed by atoms with Gasteiger partial charge < -0.3 is 18.9 Å². The Hall–Kier alpha value is -3.06. The zero-order valence-electron chi connectivity index (χ0n) is 19.4. The zero-order valence-corrected chi connectivity index (χ0v) is 19.4. The SMILES string of the molecule is COc1ccc(N2Cc3c(cc4ccc(F)n(C)c3-4)C2=O)cc1OCCN1CCC(C)CC1. The maximum absolute atomic E-state index is 14.2. The van der Waals surface area contributed by atoms with E-state index in [-0.39, 0.29) is 11.9 Å². The molecule has 4 aliphatic rings. The second kappa shape index (κ2) is 8.71. The molecule has 0 radical (unpaired) electrons. The van der Waals surface area contributed by atoms with E-state index >= 15 is 0 Å². The summed E-state index contributed by atoms with van der Waals surface area (Å²) >= 11 is 0. The molecule has 7 heteroatoms. The van der Waals surface area contributed by atoms with Gasteiger partial charge in [-0.3, -0.25) is 9.69 Å². The number of amides is 1. The van der Waals surface area contributed by atoms with Gasteiger partial charge in [0.05, 0.1) is 19.3 Å². The highest BCUT2D eigenvalue weighted by Crippen LogP contribution is 2.41. The van der Waals surface area contributed by atoms with Crippen LogP contribution in [-0.4, -0.2) is 48.7 Å². The van der Waals surface area contributed by atoms with Crippen molar-refractivity contribution in [2.45, 2.75) is 26.3 Å². The van der Waals surface area contributed by atoms with E-state index in [1.807, 2.05) is 24.3 Å². The van der Waals surface area contributed by atoms with Crippen LogP contribution in [0.15, 0.2) is 36.4 Å². The Morgan fingerprint density at radius 3 is 2.64 bits per heavy atom. The fourth-order valence-electron chi connectivity index (χ4n) is 4.96. The van der Waals surface area contributed by atoms with E-state index < -0.39 is 0 Å². The highest BCUT2D eigenvalue weighted by atomic mass is 19.1. The van der Waals surface area contributed by atoms with Crippen molar-refractivity contribution in [3.05, 3.63) is 53.5 Å². The van der Waals surface area contributed by atoms with Crippen molar-refractivity contribution < 1.29 is 18.7 Å². The predicted octanol–water partition coefficient (Wildman–Crippen LogP) is 4.55. The first-order valence-corrected chi connectivity index (χ1v) is 11.6. The topological polar surface area (TPSA) is 46.9 Å². The first kappa shape index (κ1) is 21.8. The molecule has 1 amide bonds. The van der Waals surface area contributed by atoms with Crippen LogP contribution in [-0.2, 0) is 13.6 Å². The molecule has 0 saturated carbocycles. The van der Waals surface area contributed by atoms with Gasteiger partial charge in [-0.2, -0.15) is 4.39 Å². The van der Waals surface area contributed by atoms with Gasteiger partial charge >= 0.3 is 0 Å². The van der Waals surface area contributed by atoms with Crippen molar-refractivity contribution in [2.24, 2.45) is 13.0 Å². The third kappa shape index (κ3) is 3.95. The minimum absolute atomic E-state index is 0.0832. The van der Waals surface area contributed by atoms with Gasteiger partial charge in [0.2, 0.25) is 0 Å². The number of carbonyl (C=O) groups excluding carboxylic acids is 1. The third-order valence-corrected chi connectivity index (χ3v) is 7.03. The summed E-state index contributed by atoms with van der Waals surface area (Å²) in [4.78, 5) is 17.4. The van der Waals surface area contributed by atoms with Crippen LogP contribution in [0, 0.1) is 11.9 Å². The molecule has 1 fully saturated rings. The molecular weight excluding hydrogens is 421 g/mol. The normalized spacial score (nSPS) is 17.1. The molecule has 33 heavy (non-hydrogen) atoms. The Bertz CT molecular complexity index is 1150. The molecule has 0 unspecified atom stereocenters. The summed E-state index contributed by atoms with van der Waals surface area (Å²) in [5, 5.41) is 0. The minimum Gasteiger partial charge on any atom is -0.493 e. The average Bonchev–Trinajstić information content (AvgIpc) is 3.34. The van der Waals surface area contributed by atoms with Crippen molar-refractivity contribution >= 4 is 11.6 Å². The Balaban J connectivity index is 1.34. The highest BCUT2D eigenvalue weighted by molar-refractivity contribution is 6.12. The van der Waals surface area contributed by atoms with E-state index in [2.05, 4.69) is 11.8 Å². The lowest BCUT2D eigenvalue weighted by Crippen LogP contribution is -2.35. The summed E-state index contributed by atoms with van der Waals surface area (Å²) in [5.41, 5.74) is 3.87. The van der Waals surface area contributed by atoms with Crippen LogP contribution in [0.3, 0.4) is 0 Å². The number of hydrogen-bond donors (Lipinski definition) is 0. The number of pyridine rings is 1. The summed E-state index contributed by atoms with van der Waals surface area (Å²) in [6.45, 7) is 6.35. The molecule has 0 aromatic heterocycles. The van der Waals surface area contributed by atoms with Gasteiger partial charge in [-0.15, -0.1) is 0 Å². The summed E-state index contributed by atoms with van der Waals surface area (Å²) in [5.74, 6) is 1.66. The number of piperidine rings is 1. The Kier molecular flexibility index (Phi) is 5.74. The molecule has 1 aliphatic carbocycles. The summed E-state index contributed by atoms with van der Waals surface area (Å²) < 4.78 is 27.3. The molecule has 5 rings (SSSR count). The summed E-state index contributed by atoms with van der Waals surface area (Å²) in [6, 6.07) is 10.6. The largest absolute Gasteiger partial charge is 0.493 e. The maximum Gasteiger partial charge on any atom is 0.259 e. The van der Waals surface area contributed by atoms with Crippen molar-refractivity contribution in [2.75, 3.05) is 38.3 Å². The molecule has 0 N–H and O–H groups in total. The van der Waals surface area contributed by atoms with Crippen LogP contribution in [0.5, 0.6) is 11.5 Å². The first-order chi connectivity index (χ1) is 16.0. The lowest BCUT2D eigenvalue weighted by Gasteiger charge is -2.30. The quantitative estimate of drug-likeness (QED) is 0.516. The van der Waals surface area contributed by atoms with Gasteiger partial charge in [-0.1, -0.05) is 6.92 Å².